The van der Waals surface area contributed by atoms with Gasteiger partial charge in [0, 0.05) is 18.0 Å². The van der Waals surface area contributed by atoms with Crippen LogP contribution in [0.2, 0.25) is 0 Å². The molecule has 0 aliphatic carbocycles. The van der Waals surface area contributed by atoms with Crippen LogP contribution in [0.5, 0.6) is 0 Å². The van der Waals surface area contributed by atoms with Crippen molar-refractivity contribution in [1.82, 2.24) is 4.98 Å². The number of hydrogen-bond donors (Lipinski definition) is 2. The molecule has 0 radical (unpaired) electrons. The molecule has 0 spiro atoms. The molecule has 3 rings (SSSR count). The first-order valence-corrected chi connectivity index (χ1v) is 7.93. The molecular weight excluding hydrogens is 284 g/mol. The Kier molecular flexibility index (Phi) is 4.17. The van der Waals surface area contributed by atoms with E-state index in [0.717, 1.165) is 23.8 Å². The molecule has 1 atom stereocenters. The SMILES string of the molecule is NC(C(=O)Nc1ccc(N2CCCC2)nc1)c1cccs1. The minimum absolute atomic E-state index is 0.215. The summed E-state index contributed by atoms with van der Waals surface area (Å²) in [5, 5.41) is 4.72. The molecule has 0 aromatic carbocycles. The van der Waals surface area contributed by atoms with Gasteiger partial charge in [-0.25, -0.2) is 4.98 Å². The highest BCUT2D eigenvalue weighted by Crippen LogP contribution is 2.21. The molecule has 1 unspecified atom stereocenters. The van der Waals surface area contributed by atoms with Crippen LogP contribution >= 0.6 is 11.3 Å². The Morgan fingerprint density at radius 3 is 2.76 bits per heavy atom. The number of anilines is 2. The number of pyridine rings is 1. The second-order valence-electron chi connectivity index (χ2n) is 5.08. The van der Waals surface area contributed by atoms with Gasteiger partial charge >= 0.3 is 0 Å². The van der Waals surface area contributed by atoms with Gasteiger partial charge in [0.15, 0.2) is 0 Å². The van der Waals surface area contributed by atoms with Gasteiger partial charge < -0.3 is 16.0 Å². The molecule has 1 amide bonds. The number of amides is 1. The van der Waals surface area contributed by atoms with E-state index in [0.29, 0.717) is 5.69 Å². The van der Waals surface area contributed by atoms with Crippen LogP contribution < -0.4 is 16.0 Å². The summed E-state index contributed by atoms with van der Waals surface area (Å²) in [6, 6.07) is 6.93. The minimum atomic E-state index is -0.636. The van der Waals surface area contributed by atoms with Crippen LogP contribution in [0.15, 0.2) is 35.8 Å². The van der Waals surface area contributed by atoms with Crippen LogP contribution in [0, 0.1) is 0 Å². The largest absolute Gasteiger partial charge is 0.357 e. The van der Waals surface area contributed by atoms with E-state index >= 15 is 0 Å². The van der Waals surface area contributed by atoms with Crippen LogP contribution in [0.4, 0.5) is 11.5 Å². The predicted molar refractivity (Wildman–Crippen MR) is 85.6 cm³/mol. The summed E-state index contributed by atoms with van der Waals surface area (Å²) in [5.41, 5.74) is 6.61. The third kappa shape index (κ3) is 3.22. The van der Waals surface area contributed by atoms with Crippen molar-refractivity contribution in [3.63, 3.8) is 0 Å². The fraction of sp³-hybridized carbons (Fsp3) is 0.333. The standard InChI is InChI=1S/C15H18N4OS/c16-14(12-4-3-9-21-12)15(20)18-11-5-6-13(17-10-11)19-7-1-2-8-19/h3-6,9-10,14H,1-2,7-8,16H2,(H,18,20). The Morgan fingerprint density at radius 1 is 1.33 bits per heavy atom. The normalized spacial score (nSPS) is 16.0. The smallest absolute Gasteiger partial charge is 0.246 e. The number of thiophene rings is 1. The molecule has 1 aliphatic heterocycles. The van der Waals surface area contributed by atoms with E-state index in [2.05, 4.69) is 15.2 Å². The van der Waals surface area contributed by atoms with Crippen LogP contribution in [0.3, 0.4) is 0 Å². The van der Waals surface area contributed by atoms with Crippen LogP contribution in [-0.2, 0) is 4.79 Å². The molecule has 0 bridgehead atoms. The lowest BCUT2D eigenvalue weighted by Gasteiger charge is -2.16. The molecule has 21 heavy (non-hydrogen) atoms. The molecule has 1 fully saturated rings. The lowest BCUT2D eigenvalue weighted by molar-refractivity contribution is -0.117. The Morgan fingerprint density at radius 2 is 2.14 bits per heavy atom. The first-order valence-electron chi connectivity index (χ1n) is 7.05. The number of aromatic nitrogens is 1. The summed E-state index contributed by atoms with van der Waals surface area (Å²) in [4.78, 5) is 19.6. The van der Waals surface area contributed by atoms with E-state index in [1.54, 1.807) is 6.20 Å². The van der Waals surface area contributed by atoms with Crippen LogP contribution in [0.25, 0.3) is 0 Å². The maximum atomic E-state index is 12.1. The first-order chi connectivity index (χ1) is 10.2. The Labute approximate surface area is 127 Å². The first kappa shape index (κ1) is 14.0. The zero-order valence-electron chi connectivity index (χ0n) is 11.7. The molecule has 6 heteroatoms. The average Bonchev–Trinajstić information content (AvgIpc) is 3.20. The fourth-order valence-corrected chi connectivity index (χ4v) is 3.14. The Hall–Kier alpha value is -1.92. The van der Waals surface area contributed by atoms with Crippen molar-refractivity contribution in [1.29, 1.82) is 0 Å². The quantitative estimate of drug-likeness (QED) is 0.909. The third-order valence-electron chi connectivity index (χ3n) is 3.58. The van der Waals surface area contributed by atoms with Crippen molar-refractivity contribution in [3.8, 4) is 0 Å². The number of carbonyl (C=O) groups excluding carboxylic acids is 1. The zero-order valence-corrected chi connectivity index (χ0v) is 12.5. The van der Waals surface area contributed by atoms with Gasteiger partial charge in [-0.2, -0.15) is 0 Å². The monoisotopic (exact) mass is 302 g/mol. The van der Waals surface area contributed by atoms with Crippen molar-refractivity contribution in [2.75, 3.05) is 23.3 Å². The van der Waals surface area contributed by atoms with Gasteiger partial charge in [0.25, 0.3) is 0 Å². The van der Waals surface area contributed by atoms with Gasteiger partial charge in [-0.05, 0) is 36.4 Å². The summed E-state index contributed by atoms with van der Waals surface area (Å²) < 4.78 is 0. The van der Waals surface area contributed by atoms with Gasteiger partial charge in [-0.1, -0.05) is 6.07 Å². The fourth-order valence-electron chi connectivity index (χ4n) is 2.41. The van der Waals surface area contributed by atoms with Gasteiger partial charge in [0.2, 0.25) is 5.91 Å². The number of rotatable bonds is 4. The molecular formula is C15H18N4OS. The molecule has 1 aliphatic rings. The number of hydrogen-bond acceptors (Lipinski definition) is 5. The van der Waals surface area contributed by atoms with Crippen LogP contribution in [0.1, 0.15) is 23.8 Å². The summed E-state index contributed by atoms with van der Waals surface area (Å²) in [6.45, 7) is 2.11. The molecule has 3 heterocycles. The number of nitrogens with one attached hydrogen (secondary N) is 1. The highest BCUT2D eigenvalue weighted by molar-refractivity contribution is 7.10. The van der Waals surface area contributed by atoms with Crippen molar-refractivity contribution >= 4 is 28.7 Å². The maximum Gasteiger partial charge on any atom is 0.246 e. The summed E-state index contributed by atoms with van der Waals surface area (Å²) >= 11 is 1.48. The number of carbonyl (C=O) groups is 1. The van der Waals surface area contributed by atoms with Crippen molar-refractivity contribution in [3.05, 3.63) is 40.7 Å². The van der Waals surface area contributed by atoms with Crippen LogP contribution in [-0.4, -0.2) is 24.0 Å². The molecule has 0 saturated carbocycles. The Balaban J connectivity index is 1.63. The maximum absolute atomic E-state index is 12.1. The number of nitrogens with zero attached hydrogens (tertiary/aromatic N) is 2. The average molecular weight is 302 g/mol. The van der Waals surface area contributed by atoms with E-state index in [4.69, 9.17) is 5.73 Å². The van der Waals surface area contributed by atoms with Gasteiger partial charge in [0.1, 0.15) is 11.9 Å². The van der Waals surface area contributed by atoms with Crippen molar-refractivity contribution in [2.45, 2.75) is 18.9 Å². The highest BCUT2D eigenvalue weighted by atomic mass is 32.1. The number of nitrogens with two attached hydrogens (primary N) is 1. The molecule has 1 saturated heterocycles. The highest BCUT2D eigenvalue weighted by Gasteiger charge is 2.17. The van der Waals surface area contributed by atoms with E-state index < -0.39 is 6.04 Å². The van der Waals surface area contributed by atoms with Gasteiger partial charge in [-0.15, -0.1) is 11.3 Å². The van der Waals surface area contributed by atoms with Gasteiger partial charge in [-0.3, -0.25) is 4.79 Å². The second kappa shape index (κ2) is 6.24. The van der Waals surface area contributed by atoms with Crippen molar-refractivity contribution < 1.29 is 4.79 Å². The molecule has 2 aromatic rings. The summed E-state index contributed by atoms with van der Waals surface area (Å²) in [5.74, 6) is 0.751. The minimum Gasteiger partial charge on any atom is -0.357 e. The second-order valence-corrected chi connectivity index (χ2v) is 6.06. The van der Waals surface area contributed by atoms with E-state index in [1.807, 2.05) is 29.6 Å². The van der Waals surface area contributed by atoms with E-state index in [-0.39, 0.29) is 5.91 Å². The topological polar surface area (TPSA) is 71.2 Å². The molecule has 110 valence electrons. The van der Waals surface area contributed by atoms with Crippen molar-refractivity contribution in [2.24, 2.45) is 5.73 Å². The van der Waals surface area contributed by atoms with Gasteiger partial charge in [0.05, 0.1) is 11.9 Å². The summed E-state index contributed by atoms with van der Waals surface area (Å²) in [7, 11) is 0. The Bertz CT molecular complexity index is 591. The predicted octanol–water partition coefficient (Wildman–Crippen LogP) is 2.38. The van der Waals surface area contributed by atoms with E-state index in [9.17, 15) is 4.79 Å². The third-order valence-corrected chi connectivity index (χ3v) is 4.53. The molecule has 2 aromatic heterocycles. The molecule has 3 N–H and O–H groups in total. The van der Waals surface area contributed by atoms with E-state index in [1.165, 1.54) is 24.2 Å². The molecule has 5 nitrogen and oxygen atoms in total. The lowest BCUT2D eigenvalue weighted by atomic mass is 10.2. The zero-order chi connectivity index (χ0) is 14.7. The lowest BCUT2D eigenvalue weighted by Crippen LogP contribution is -2.27. The summed E-state index contributed by atoms with van der Waals surface area (Å²) in [6.07, 6.45) is 4.12.